The zero-order chi connectivity index (χ0) is 25.3. The van der Waals surface area contributed by atoms with Crippen molar-refractivity contribution in [3.63, 3.8) is 0 Å². The first-order chi connectivity index (χ1) is 17.4. The lowest BCUT2D eigenvalue weighted by Gasteiger charge is -2.19. The predicted octanol–water partition coefficient (Wildman–Crippen LogP) is 3.15. The normalized spacial score (nSPS) is 19.2. The van der Waals surface area contributed by atoms with Crippen LogP contribution in [-0.4, -0.2) is 61.7 Å². The third-order valence-corrected chi connectivity index (χ3v) is 8.84. The van der Waals surface area contributed by atoms with Gasteiger partial charge in [0.05, 0.1) is 18.3 Å². The Bertz CT molecular complexity index is 1420. The van der Waals surface area contributed by atoms with Crippen LogP contribution in [0.3, 0.4) is 0 Å². The monoisotopic (exact) mass is 507 g/mol. The zero-order valence-electron chi connectivity index (χ0n) is 19.9. The summed E-state index contributed by atoms with van der Waals surface area (Å²) in [4.78, 5) is 26.9. The molecule has 0 aromatic heterocycles. The Labute approximate surface area is 210 Å². The molecule has 3 aromatic rings. The molecule has 2 aliphatic heterocycles. The largest absolute Gasteiger partial charge is 0.372 e. The summed E-state index contributed by atoms with van der Waals surface area (Å²) < 4.78 is 32.5. The Morgan fingerprint density at radius 1 is 1.00 bits per heavy atom. The number of hydrogen-bond acceptors (Lipinski definition) is 6. The number of hydrogen-bond donors (Lipinski definition) is 1. The van der Waals surface area contributed by atoms with Gasteiger partial charge in [0.25, 0.3) is 15.9 Å². The molecule has 2 N–H and O–H groups in total. The van der Waals surface area contributed by atoms with Crippen molar-refractivity contribution in [1.82, 2.24) is 9.21 Å². The second-order valence-corrected chi connectivity index (χ2v) is 11.1. The summed E-state index contributed by atoms with van der Waals surface area (Å²) in [6.45, 7) is 2.95. The van der Waals surface area contributed by atoms with E-state index >= 15 is 0 Å². The number of amides is 2. The van der Waals surface area contributed by atoms with Crippen LogP contribution in [0, 0.1) is 0 Å². The number of nitrogens with two attached hydrogens (primary N) is 1. The number of carbonyl (C=O) groups excluding carboxylic acids is 2. The Hall–Kier alpha value is -3.27. The summed E-state index contributed by atoms with van der Waals surface area (Å²) in [6.07, 6.45) is 2.29. The molecule has 0 spiro atoms. The van der Waals surface area contributed by atoms with E-state index in [0.29, 0.717) is 18.6 Å². The number of carbonyl (C=O) groups is 2. The minimum Gasteiger partial charge on any atom is -0.372 e. The lowest BCUT2D eigenvalue weighted by molar-refractivity contribution is 0.0466. The van der Waals surface area contributed by atoms with Gasteiger partial charge in [-0.15, -0.1) is 0 Å². The van der Waals surface area contributed by atoms with Crippen molar-refractivity contribution in [3.8, 4) is 0 Å². The van der Waals surface area contributed by atoms with Crippen LogP contribution >= 0.6 is 0 Å². The molecule has 1 saturated heterocycles. The van der Waals surface area contributed by atoms with E-state index < -0.39 is 21.8 Å². The van der Waals surface area contributed by atoms with Crippen molar-refractivity contribution in [3.05, 3.63) is 77.4 Å². The van der Waals surface area contributed by atoms with Crippen LogP contribution in [0.4, 0.5) is 0 Å². The molecule has 8 nitrogen and oxygen atoms in total. The molecule has 2 heterocycles. The Morgan fingerprint density at radius 3 is 2.56 bits per heavy atom. The van der Waals surface area contributed by atoms with Crippen molar-refractivity contribution in [2.45, 2.75) is 36.9 Å². The van der Waals surface area contributed by atoms with Gasteiger partial charge in [0.2, 0.25) is 5.91 Å². The number of nitrogens with zero attached hydrogens (tertiary/aromatic N) is 2. The van der Waals surface area contributed by atoms with Gasteiger partial charge in [0.15, 0.2) is 0 Å². The Morgan fingerprint density at radius 2 is 1.75 bits per heavy atom. The summed E-state index contributed by atoms with van der Waals surface area (Å²) >= 11 is 0. The smallest absolute Gasteiger partial charge is 0.269 e. The number of likely N-dealkylation sites (tertiary alicyclic amines) is 1. The first-order valence-electron chi connectivity index (χ1n) is 12.2. The van der Waals surface area contributed by atoms with E-state index in [9.17, 15) is 18.0 Å². The van der Waals surface area contributed by atoms with Gasteiger partial charge in [-0.3, -0.25) is 9.59 Å². The van der Waals surface area contributed by atoms with Crippen LogP contribution in [0.15, 0.2) is 65.6 Å². The molecular weight excluding hydrogens is 478 g/mol. The highest BCUT2D eigenvalue weighted by Gasteiger charge is 2.40. The molecule has 3 aromatic carbocycles. The quantitative estimate of drug-likeness (QED) is 0.446. The third kappa shape index (κ3) is 4.61. The molecular formula is C27H29N3O5S. The first-order valence-corrected chi connectivity index (χ1v) is 13.6. The molecule has 1 atom stereocenters. The number of rotatable bonds is 9. The maximum atomic E-state index is 12.7. The standard InChI is InChI=1S/C27H29N3O5S/c28-26(31)22-12-11-19-7-1-2-8-21(19)24(22)18-35-20-13-16-29(17-20)14-5-6-15-30-27(32)23-9-3-4-10-25(23)36(30,33)34/h1-4,7-12,20H,5-6,13-18H2,(H2,28,31). The molecule has 1 fully saturated rings. The van der Waals surface area contributed by atoms with Gasteiger partial charge in [-0.1, -0.05) is 42.5 Å². The topological polar surface area (TPSA) is 110 Å². The van der Waals surface area contributed by atoms with E-state index in [-0.39, 0.29) is 23.1 Å². The number of benzene rings is 3. The minimum absolute atomic E-state index is 0.0414. The van der Waals surface area contributed by atoms with Gasteiger partial charge < -0.3 is 15.4 Å². The summed E-state index contributed by atoms with van der Waals surface area (Å²) in [5.41, 5.74) is 7.16. The Kier molecular flexibility index (Phi) is 6.79. The second-order valence-electron chi connectivity index (χ2n) is 9.28. The predicted molar refractivity (Wildman–Crippen MR) is 136 cm³/mol. The van der Waals surface area contributed by atoms with E-state index in [4.69, 9.17) is 10.5 Å². The van der Waals surface area contributed by atoms with Gasteiger partial charge >= 0.3 is 0 Å². The average molecular weight is 508 g/mol. The molecule has 188 valence electrons. The number of ether oxygens (including phenoxy) is 1. The van der Waals surface area contributed by atoms with Crippen LogP contribution in [0.1, 0.15) is 45.5 Å². The summed E-state index contributed by atoms with van der Waals surface area (Å²) in [7, 11) is -3.75. The number of primary amides is 1. The van der Waals surface area contributed by atoms with Gasteiger partial charge in [0, 0.05) is 25.2 Å². The SMILES string of the molecule is NC(=O)c1ccc2ccccc2c1COC1CCN(CCCCN2C(=O)c3ccccc3S2(=O)=O)C1. The van der Waals surface area contributed by atoms with E-state index in [0.717, 1.165) is 53.1 Å². The summed E-state index contributed by atoms with van der Waals surface area (Å²) in [6, 6.07) is 17.9. The molecule has 2 amide bonds. The molecule has 5 rings (SSSR count). The first kappa shape index (κ1) is 24.4. The minimum atomic E-state index is -3.75. The van der Waals surface area contributed by atoms with E-state index in [2.05, 4.69) is 4.90 Å². The summed E-state index contributed by atoms with van der Waals surface area (Å²) in [5.74, 6) is -0.905. The molecule has 0 aliphatic carbocycles. The van der Waals surface area contributed by atoms with Crippen molar-refractivity contribution in [2.24, 2.45) is 5.73 Å². The van der Waals surface area contributed by atoms with E-state index in [1.165, 1.54) is 6.07 Å². The number of unbranched alkanes of at least 4 members (excludes halogenated alkanes) is 1. The number of fused-ring (bicyclic) bond motifs is 2. The third-order valence-electron chi connectivity index (χ3n) is 7.00. The van der Waals surface area contributed by atoms with Crippen LogP contribution in [0.25, 0.3) is 10.8 Å². The lowest BCUT2D eigenvalue weighted by atomic mass is 9.99. The van der Waals surface area contributed by atoms with Crippen molar-refractivity contribution < 1.29 is 22.7 Å². The fourth-order valence-electron chi connectivity index (χ4n) is 5.10. The van der Waals surface area contributed by atoms with Gasteiger partial charge in [-0.2, -0.15) is 0 Å². The van der Waals surface area contributed by atoms with Crippen LogP contribution in [0.2, 0.25) is 0 Å². The Balaban J connectivity index is 1.12. The van der Waals surface area contributed by atoms with Gasteiger partial charge in [-0.05, 0) is 60.3 Å². The lowest BCUT2D eigenvalue weighted by Crippen LogP contribution is -2.31. The molecule has 2 aliphatic rings. The van der Waals surface area contributed by atoms with Crippen LogP contribution in [-0.2, 0) is 21.4 Å². The second kappa shape index (κ2) is 10.0. The van der Waals surface area contributed by atoms with E-state index in [1.54, 1.807) is 24.3 Å². The molecule has 0 bridgehead atoms. The fourth-order valence-corrected chi connectivity index (χ4v) is 6.71. The van der Waals surface area contributed by atoms with Crippen LogP contribution in [0.5, 0.6) is 0 Å². The van der Waals surface area contributed by atoms with Crippen molar-refractivity contribution in [1.29, 1.82) is 0 Å². The fraction of sp³-hybridized carbons (Fsp3) is 0.333. The van der Waals surface area contributed by atoms with Crippen molar-refractivity contribution >= 4 is 32.6 Å². The summed E-state index contributed by atoms with van der Waals surface area (Å²) in [5, 5.41) is 2.01. The van der Waals surface area contributed by atoms with E-state index in [1.807, 2.05) is 30.3 Å². The molecule has 9 heteroatoms. The van der Waals surface area contributed by atoms with Gasteiger partial charge in [-0.25, -0.2) is 12.7 Å². The van der Waals surface area contributed by atoms with Crippen molar-refractivity contribution in [2.75, 3.05) is 26.2 Å². The maximum Gasteiger partial charge on any atom is 0.269 e. The van der Waals surface area contributed by atoms with Gasteiger partial charge in [0.1, 0.15) is 4.90 Å². The molecule has 0 radical (unpaired) electrons. The number of sulfonamides is 1. The highest BCUT2D eigenvalue weighted by molar-refractivity contribution is 7.90. The zero-order valence-corrected chi connectivity index (χ0v) is 20.7. The van der Waals surface area contributed by atoms with Crippen LogP contribution < -0.4 is 5.73 Å². The molecule has 0 saturated carbocycles. The average Bonchev–Trinajstić information content (AvgIpc) is 3.41. The maximum absolute atomic E-state index is 12.7. The molecule has 36 heavy (non-hydrogen) atoms. The highest BCUT2D eigenvalue weighted by atomic mass is 32.2. The highest BCUT2D eigenvalue weighted by Crippen LogP contribution is 2.30. The molecule has 1 unspecified atom stereocenters.